The fourth-order valence-corrected chi connectivity index (χ4v) is 3.30. The maximum atomic E-state index is 12.1. The highest BCUT2D eigenvalue weighted by Crippen LogP contribution is 2.17. The molecule has 0 aromatic heterocycles. The number of nitrogens with one attached hydrogen (secondary N) is 1. The zero-order chi connectivity index (χ0) is 15.3. The number of carboxylic acid groups (broad SMARTS) is 1. The number of hydrogen-bond acceptors (Lipinski definition) is 3. The van der Waals surface area contributed by atoms with E-state index in [4.69, 9.17) is 11.6 Å². The topological polar surface area (TPSA) is 83.5 Å². The molecule has 0 saturated carbocycles. The third-order valence-corrected chi connectivity index (χ3v) is 4.69. The molecule has 2 unspecified atom stereocenters. The van der Waals surface area contributed by atoms with Crippen LogP contribution in [0.4, 0.5) is 0 Å². The second-order valence-electron chi connectivity index (χ2n) is 4.66. The summed E-state index contributed by atoms with van der Waals surface area (Å²) in [5.74, 6) is -1.47. The molecule has 1 rings (SSSR count). The van der Waals surface area contributed by atoms with Gasteiger partial charge in [0, 0.05) is 5.02 Å². The van der Waals surface area contributed by atoms with Gasteiger partial charge in [-0.15, -0.1) is 0 Å². The van der Waals surface area contributed by atoms with Crippen LogP contribution in [-0.4, -0.2) is 25.5 Å². The molecular formula is C13H18ClNO4S. The van der Waals surface area contributed by atoms with Gasteiger partial charge in [-0.2, -0.15) is 4.72 Å². The van der Waals surface area contributed by atoms with E-state index < -0.39 is 22.0 Å². The van der Waals surface area contributed by atoms with Crippen molar-refractivity contribution in [3.05, 3.63) is 29.3 Å². The third kappa shape index (κ3) is 4.47. The highest BCUT2D eigenvalue weighted by Gasteiger charge is 2.29. The van der Waals surface area contributed by atoms with Gasteiger partial charge in [0.05, 0.1) is 4.90 Å². The summed E-state index contributed by atoms with van der Waals surface area (Å²) in [5.41, 5.74) is 0. The summed E-state index contributed by atoms with van der Waals surface area (Å²) in [6, 6.07) is 4.43. The Kier molecular flexibility index (Phi) is 5.98. The van der Waals surface area contributed by atoms with Gasteiger partial charge in [-0.25, -0.2) is 8.42 Å². The molecule has 5 nitrogen and oxygen atoms in total. The van der Waals surface area contributed by atoms with E-state index >= 15 is 0 Å². The molecule has 0 aliphatic heterocycles. The summed E-state index contributed by atoms with van der Waals surface area (Å²) in [7, 11) is -3.87. The van der Waals surface area contributed by atoms with Crippen LogP contribution in [0.2, 0.25) is 5.02 Å². The van der Waals surface area contributed by atoms with Crippen LogP contribution >= 0.6 is 11.6 Å². The van der Waals surface area contributed by atoms with Gasteiger partial charge in [0.25, 0.3) is 0 Å². The van der Waals surface area contributed by atoms with Gasteiger partial charge in [0.15, 0.2) is 0 Å². The number of sulfonamides is 1. The number of carboxylic acids is 1. The lowest BCUT2D eigenvalue weighted by atomic mass is 9.98. The van der Waals surface area contributed by atoms with E-state index in [9.17, 15) is 18.3 Å². The van der Waals surface area contributed by atoms with Crippen LogP contribution in [0.3, 0.4) is 0 Å². The summed E-state index contributed by atoms with van der Waals surface area (Å²) in [6.45, 7) is 3.63. The van der Waals surface area contributed by atoms with Crippen molar-refractivity contribution in [1.29, 1.82) is 0 Å². The lowest BCUT2D eigenvalue weighted by molar-refractivity contribution is -0.140. The summed E-state index contributed by atoms with van der Waals surface area (Å²) in [4.78, 5) is 11.2. The fourth-order valence-electron chi connectivity index (χ4n) is 1.88. The molecule has 0 heterocycles. The molecule has 0 fully saturated rings. The third-order valence-electron chi connectivity index (χ3n) is 2.99. The number of aliphatic carboxylic acids is 1. The highest BCUT2D eigenvalue weighted by atomic mass is 35.5. The maximum absolute atomic E-state index is 12.1. The van der Waals surface area contributed by atoms with Crippen LogP contribution in [0.25, 0.3) is 0 Å². The highest BCUT2D eigenvalue weighted by molar-refractivity contribution is 7.89. The smallest absolute Gasteiger partial charge is 0.322 e. The first-order valence-electron chi connectivity index (χ1n) is 6.28. The first kappa shape index (κ1) is 16.9. The molecular weight excluding hydrogens is 302 g/mol. The number of halogens is 1. The molecule has 0 aliphatic rings. The molecule has 2 N–H and O–H groups in total. The van der Waals surface area contributed by atoms with Crippen molar-refractivity contribution in [2.75, 3.05) is 0 Å². The first-order chi connectivity index (χ1) is 9.27. The minimum Gasteiger partial charge on any atom is -0.480 e. The van der Waals surface area contributed by atoms with Crippen molar-refractivity contribution in [3.63, 3.8) is 0 Å². The molecule has 0 spiro atoms. The van der Waals surface area contributed by atoms with Crippen molar-refractivity contribution in [2.45, 2.75) is 37.6 Å². The average Bonchev–Trinajstić information content (AvgIpc) is 2.36. The van der Waals surface area contributed by atoms with Crippen molar-refractivity contribution < 1.29 is 18.3 Å². The van der Waals surface area contributed by atoms with E-state index in [1.807, 2.05) is 6.92 Å². The normalized spacial score (nSPS) is 14.8. The van der Waals surface area contributed by atoms with Crippen LogP contribution in [0, 0.1) is 5.92 Å². The zero-order valence-electron chi connectivity index (χ0n) is 11.3. The lowest BCUT2D eigenvalue weighted by Gasteiger charge is -2.20. The molecule has 0 aliphatic carbocycles. The molecule has 0 bridgehead atoms. The monoisotopic (exact) mass is 319 g/mol. The van der Waals surface area contributed by atoms with Crippen LogP contribution in [0.1, 0.15) is 26.7 Å². The Balaban J connectivity index is 2.97. The number of rotatable bonds is 7. The summed E-state index contributed by atoms with van der Waals surface area (Å²) in [6.07, 6.45) is 1.41. The number of carbonyl (C=O) groups is 1. The van der Waals surface area contributed by atoms with E-state index in [0.29, 0.717) is 11.4 Å². The van der Waals surface area contributed by atoms with Gasteiger partial charge >= 0.3 is 5.97 Å². The molecule has 0 saturated heterocycles. The first-order valence-corrected chi connectivity index (χ1v) is 8.14. The summed E-state index contributed by atoms with van der Waals surface area (Å²) < 4.78 is 26.5. The number of benzene rings is 1. The van der Waals surface area contributed by atoms with E-state index in [0.717, 1.165) is 6.42 Å². The van der Waals surface area contributed by atoms with Crippen LogP contribution < -0.4 is 4.72 Å². The van der Waals surface area contributed by atoms with Crippen molar-refractivity contribution >= 4 is 27.6 Å². The molecule has 0 amide bonds. The van der Waals surface area contributed by atoms with Crippen molar-refractivity contribution in [3.8, 4) is 0 Å². The van der Waals surface area contributed by atoms with Gasteiger partial charge in [-0.05, 0) is 36.6 Å². The molecule has 7 heteroatoms. The standard InChI is InChI=1S/C13H18ClNO4S/c1-3-4-9(2)12(13(16)17)15-20(18,19)11-7-5-10(14)6-8-11/h5-9,12,15H,3-4H2,1-2H3,(H,16,17). The number of hydrogen-bond donors (Lipinski definition) is 2. The summed E-state index contributed by atoms with van der Waals surface area (Å²) >= 11 is 5.70. The van der Waals surface area contributed by atoms with E-state index in [-0.39, 0.29) is 10.8 Å². The average molecular weight is 320 g/mol. The Bertz CT molecular complexity index is 556. The predicted molar refractivity (Wildman–Crippen MR) is 77.3 cm³/mol. The molecule has 1 aromatic carbocycles. The van der Waals surface area contributed by atoms with Gasteiger partial charge in [0.1, 0.15) is 6.04 Å². The van der Waals surface area contributed by atoms with Crippen molar-refractivity contribution in [2.24, 2.45) is 5.92 Å². The van der Waals surface area contributed by atoms with E-state index in [1.54, 1.807) is 6.92 Å². The molecule has 2 atom stereocenters. The van der Waals surface area contributed by atoms with Gasteiger partial charge < -0.3 is 5.11 Å². The largest absolute Gasteiger partial charge is 0.480 e. The van der Waals surface area contributed by atoms with Crippen LogP contribution in [0.5, 0.6) is 0 Å². The predicted octanol–water partition coefficient (Wildman–Crippen LogP) is 2.51. The Hall–Kier alpha value is -1.11. The second kappa shape index (κ2) is 7.06. The quantitative estimate of drug-likeness (QED) is 0.809. The van der Waals surface area contributed by atoms with E-state index in [2.05, 4.69) is 4.72 Å². The Morgan fingerprint density at radius 1 is 1.35 bits per heavy atom. The zero-order valence-corrected chi connectivity index (χ0v) is 12.9. The van der Waals surface area contributed by atoms with Crippen LogP contribution in [0.15, 0.2) is 29.2 Å². The summed E-state index contributed by atoms with van der Waals surface area (Å²) in [5, 5.41) is 9.59. The molecule has 20 heavy (non-hydrogen) atoms. The molecule has 112 valence electrons. The minimum absolute atomic E-state index is 0.00292. The lowest BCUT2D eigenvalue weighted by Crippen LogP contribution is -2.45. The van der Waals surface area contributed by atoms with Gasteiger partial charge in [-0.1, -0.05) is 31.9 Å². The Labute approximate surface area is 124 Å². The van der Waals surface area contributed by atoms with Gasteiger partial charge in [-0.3, -0.25) is 4.79 Å². The van der Waals surface area contributed by atoms with E-state index in [1.165, 1.54) is 24.3 Å². The molecule has 0 radical (unpaired) electrons. The maximum Gasteiger partial charge on any atom is 0.322 e. The SMILES string of the molecule is CCCC(C)C(NS(=O)(=O)c1ccc(Cl)cc1)C(=O)O. The minimum atomic E-state index is -3.87. The van der Waals surface area contributed by atoms with Crippen molar-refractivity contribution in [1.82, 2.24) is 4.72 Å². The van der Waals surface area contributed by atoms with Gasteiger partial charge in [0.2, 0.25) is 10.0 Å². The van der Waals surface area contributed by atoms with Crippen LogP contribution in [-0.2, 0) is 14.8 Å². The Morgan fingerprint density at radius 3 is 2.35 bits per heavy atom. The Morgan fingerprint density at radius 2 is 1.90 bits per heavy atom. The fraction of sp³-hybridized carbons (Fsp3) is 0.462. The second-order valence-corrected chi connectivity index (χ2v) is 6.81. The molecule has 1 aromatic rings.